The summed E-state index contributed by atoms with van der Waals surface area (Å²) in [5.74, 6) is 1.02. The molecule has 1 fully saturated rings. The lowest BCUT2D eigenvalue weighted by Gasteiger charge is -2.12. The molecule has 2 atom stereocenters. The largest absolute Gasteiger partial charge is 0.491 e. The van der Waals surface area contributed by atoms with E-state index in [4.69, 9.17) is 9.47 Å². The molecule has 2 unspecified atom stereocenters. The molecule has 0 aliphatic carbocycles. The molecule has 1 aliphatic heterocycles. The van der Waals surface area contributed by atoms with Crippen molar-refractivity contribution in [1.82, 2.24) is 0 Å². The summed E-state index contributed by atoms with van der Waals surface area (Å²) < 4.78 is 11.4. The SMILES string of the molecule is CC(=O)Cc1ccc(OCC2CCC(C)O2)cc1. The number of benzene rings is 1. The molecule has 1 aromatic rings. The molecule has 0 saturated carbocycles. The van der Waals surface area contributed by atoms with Crippen LogP contribution in [0.25, 0.3) is 0 Å². The van der Waals surface area contributed by atoms with Crippen molar-refractivity contribution < 1.29 is 14.3 Å². The maximum atomic E-state index is 11.0. The highest BCUT2D eigenvalue weighted by Gasteiger charge is 2.22. The molecule has 0 amide bonds. The fraction of sp³-hybridized carbons (Fsp3) is 0.533. The molecular weight excluding hydrogens is 228 g/mol. The van der Waals surface area contributed by atoms with E-state index in [0.29, 0.717) is 19.1 Å². The van der Waals surface area contributed by atoms with Gasteiger partial charge in [-0.3, -0.25) is 4.79 Å². The quantitative estimate of drug-likeness (QED) is 0.803. The van der Waals surface area contributed by atoms with E-state index in [9.17, 15) is 4.79 Å². The smallest absolute Gasteiger partial charge is 0.134 e. The molecule has 1 aromatic carbocycles. The van der Waals surface area contributed by atoms with E-state index >= 15 is 0 Å². The van der Waals surface area contributed by atoms with Crippen LogP contribution in [0.5, 0.6) is 5.75 Å². The summed E-state index contributed by atoms with van der Waals surface area (Å²) in [5.41, 5.74) is 1.03. The summed E-state index contributed by atoms with van der Waals surface area (Å²) in [4.78, 5) is 11.0. The van der Waals surface area contributed by atoms with Gasteiger partial charge in [-0.2, -0.15) is 0 Å². The predicted octanol–water partition coefficient (Wildman–Crippen LogP) is 2.76. The van der Waals surface area contributed by atoms with Crippen molar-refractivity contribution in [2.45, 2.75) is 45.3 Å². The van der Waals surface area contributed by atoms with Crippen molar-refractivity contribution in [3.05, 3.63) is 29.8 Å². The molecule has 3 heteroatoms. The predicted molar refractivity (Wildman–Crippen MR) is 69.9 cm³/mol. The number of carbonyl (C=O) groups is 1. The molecule has 3 nitrogen and oxygen atoms in total. The van der Waals surface area contributed by atoms with Crippen molar-refractivity contribution in [3.8, 4) is 5.75 Å². The van der Waals surface area contributed by atoms with Crippen LogP contribution in [-0.2, 0) is 16.0 Å². The summed E-state index contributed by atoms with van der Waals surface area (Å²) in [6, 6.07) is 7.71. The fourth-order valence-corrected chi connectivity index (χ4v) is 2.19. The van der Waals surface area contributed by atoms with Crippen LogP contribution in [-0.4, -0.2) is 24.6 Å². The van der Waals surface area contributed by atoms with E-state index in [1.165, 1.54) is 0 Å². The molecule has 0 aromatic heterocycles. The lowest BCUT2D eigenvalue weighted by atomic mass is 10.1. The van der Waals surface area contributed by atoms with E-state index in [0.717, 1.165) is 24.2 Å². The Balaban J connectivity index is 1.81. The third-order valence-corrected chi connectivity index (χ3v) is 3.13. The standard InChI is InChI=1S/C15H20O3/c1-11(16)9-13-4-7-14(8-5-13)17-10-15-6-3-12(2)18-15/h4-5,7-8,12,15H,3,6,9-10H2,1-2H3. The first kappa shape index (κ1) is 13.1. The van der Waals surface area contributed by atoms with Gasteiger partial charge in [0.1, 0.15) is 18.1 Å². The average molecular weight is 248 g/mol. The molecule has 1 heterocycles. The van der Waals surface area contributed by atoms with Gasteiger partial charge in [0.25, 0.3) is 0 Å². The van der Waals surface area contributed by atoms with Gasteiger partial charge in [-0.15, -0.1) is 0 Å². The van der Waals surface area contributed by atoms with Gasteiger partial charge in [0.15, 0.2) is 0 Å². The number of carbonyl (C=O) groups excluding carboxylic acids is 1. The molecule has 2 rings (SSSR count). The molecule has 18 heavy (non-hydrogen) atoms. The fourth-order valence-electron chi connectivity index (χ4n) is 2.19. The van der Waals surface area contributed by atoms with Gasteiger partial charge in [-0.05, 0) is 44.4 Å². The summed E-state index contributed by atoms with van der Waals surface area (Å²) in [6.07, 6.45) is 3.26. The van der Waals surface area contributed by atoms with Crippen molar-refractivity contribution >= 4 is 5.78 Å². The zero-order chi connectivity index (χ0) is 13.0. The maximum absolute atomic E-state index is 11.0. The van der Waals surface area contributed by atoms with Gasteiger partial charge in [0.2, 0.25) is 0 Å². The van der Waals surface area contributed by atoms with Crippen LogP contribution in [0.3, 0.4) is 0 Å². The van der Waals surface area contributed by atoms with E-state index in [2.05, 4.69) is 6.92 Å². The van der Waals surface area contributed by atoms with Crippen LogP contribution in [0, 0.1) is 0 Å². The lowest BCUT2D eigenvalue weighted by molar-refractivity contribution is -0.116. The van der Waals surface area contributed by atoms with Crippen LogP contribution in [0.2, 0.25) is 0 Å². The highest BCUT2D eigenvalue weighted by atomic mass is 16.5. The molecule has 1 aliphatic rings. The minimum absolute atomic E-state index is 0.178. The van der Waals surface area contributed by atoms with E-state index in [1.807, 2.05) is 24.3 Å². The first-order valence-corrected chi connectivity index (χ1v) is 6.50. The normalized spacial score (nSPS) is 23.0. The van der Waals surface area contributed by atoms with Crippen LogP contribution >= 0.6 is 0 Å². The van der Waals surface area contributed by atoms with Crippen molar-refractivity contribution in [2.75, 3.05) is 6.61 Å². The Morgan fingerprint density at radius 1 is 1.33 bits per heavy atom. The highest BCUT2D eigenvalue weighted by molar-refractivity contribution is 5.78. The van der Waals surface area contributed by atoms with Gasteiger partial charge in [-0.25, -0.2) is 0 Å². The molecule has 1 saturated heterocycles. The van der Waals surface area contributed by atoms with Crippen LogP contribution in [0.15, 0.2) is 24.3 Å². The number of hydrogen-bond acceptors (Lipinski definition) is 3. The van der Waals surface area contributed by atoms with Gasteiger partial charge >= 0.3 is 0 Å². The number of ether oxygens (including phenoxy) is 2. The molecule has 0 spiro atoms. The van der Waals surface area contributed by atoms with Gasteiger partial charge < -0.3 is 9.47 Å². The minimum atomic E-state index is 0.178. The second-order valence-electron chi connectivity index (χ2n) is 4.98. The van der Waals surface area contributed by atoms with Crippen molar-refractivity contribution in [3.63, 3.8) is 0 Å². The number of hydrogen-bond donors (Lipinski definition) is 0. The summed E-state index contributed by atoms with van der Waals surface area (Å²) in [6.45, 7) is 4.30. The average Bonchev–Trinajstić information content (AvgIpc) is 2.74. The van der Waals surface area contributed by atoms with Crippen LogP contribution in [0.4, 0.5) is 0 Å². The summed E-state index contributed by atoms with van der Waals surface area (Å²) >= 11 is 0. The zero-order valence-electron chi connectivity index (χ0n) is 11.0. The zero-order valence-corrected chi connectivity index (χ0v) is 11.0. The van der Waals surface area contributed by atoms with Crippen molar-refractivity contribution in [2.24, 2.45) is 0 Å². The molecule has 98 valence electrons. The molecule has 0 N–H and O–H groups in total. The van der Waals surface area contributed by atoms with Crippen LogP contribution in [0.1, 0.15) is 32.3 Å². The molecule has 0 bridgehead atoms. The monoisotopic (exact) mass is 248 g/mol. The second-order valence-corrected chi connectivity index (χ2v) is 4.98. The maximum Gasteiger partial charge on any atom is 0.134 e. The first-order valence-electron chi connectivity index (χ1n) is 6.50. The Kier molecular flexibility index (Phi) is 4.37. The molecular formula is C15H20O3. The Bertz CT molecular complexity index is 397. The van der Waals surface area contributed by atoms with Gasteiger partial charge in [0.05, 0.1) is 12.2 Å². The summed E-state index contributed by atoms with van der Waals surface area (Å²) in [5, 5.41) is 0. The third-order valence-electron chi connectivity index (χ3n) is 3.13. The van der Waals surface area contributed by atoms with E-state index in [-0.39, 0.29) is 11.9 Å². The number of rotatable bonds is 5. The van der Waals surface area contributed by atoms with Crippen LogP contribution < -0.4 is 4.74 Å². The Labute approximate surface area is 108 Å². The van der Waals surface area contributed by atoms with Gasteiger partial charge in [0, 0.05) is 6.42 Å². The van der Waals surface area contributed by atoms with Crippen molar-refractivity contribution in [1.29, 1.82) is 0 Å². The second kappa shape index (κ2) is 6.01. The summed E-state index contributed by atoms with van der Waals surface area (Å²) in [7, 11) is 0. The Hall–Kier alpha value is -1.35. The third kappa shape index (κ3) is 3.84. The first-order chi connectivity index (χ1) is 8.63. The number of Topliss-reactive ketones (excluding diaryl/α,β-unsaturated/α-hetero) is 1. The minimum Gasteiger partial charge on any atom is -0.491 e. The Morgan fingerprint density at radius 2 is 2.06 bits per heavy atom. The van der Waals surface area contributed by atoms with E-state index in [1.54, 1.807) is 6.92 Å². The Morgan fingerprint density at radius 3 is 2.61 bits per heavy atom. The molecule has 0 radical (unpaired) electrons. The topological polar surface area (TPSA) is 35.5 Å². The highest BCUT2D eigenvalue weighted by Crippen LogP contribution is 2.20. The number of ketones is 1. The van der Waals surface area contributed by atoms with E-state index < -0.39 is 0 Å². The lowest BCUT2D eigenvalue weighted by Crippen LogP contribution is -2.17. The van der Waals surface area contributed by atoms with Gasteiger partial charge in [-0.1, -0.05) is 12.1 Å².